The van der Waals surface area contributed by atoms with Crippen LogP contribution in [0.1, 0.15) is 36.5 Å². The first kappa shape index (κ1) is 21.8. The summed E-state index contributed by atoms with van der Waals surface area (Å²) in [6.45, 7) is 4.94. The number of carbonyl (C=O) groups excluding carboxylic acids is 1. The van der Waals surface area contributed by atoms with Gasteiger partial charge in [-0.2, -0.15) is 0 Å². The number of hydrogen-bond acceptors (Lipinski definition) is 5. The topological polar surface area (TPSA) is 83.0 Å². The van der Waals surface area contributed by atoms with Crippen LogP contribution >= 0.6 is 0 Å². The number of carbonyl (C=O) groups is 2. The molecule has 1 amide bonds. The molecular weight excluding hydrogens is 382 g/mol. The Hall–Kier alpha value is -2.93. The third kappa shape index (κ3) is 4.79. The lowest BCUT2D eigenvalue weighted by Gasteiger charge is -2.49. The van der Waals surface area contributed by atoms with Gasteiger partial charge in [0, 0.05) is 42.5 Å². The minimum atomic E-state index is -0.250. The fourth-order valence-corrected chi connectivity index (χ4v) is 4.25. The molecule has 0 bridgehead atoms. The number of ether oxygens (including phenoxy) is 1. The molecule has 7 heteroatoms. The summed E-state index contributed by atoms with van der Waals surface area (Å²) in [6, 6.07) is 10.9. The molecule has 7 nitrogen and oxygen atoms in total. The number of piperidine rings is 1. The Labute approximate surface area is 177 Å². The van der Waals surface area contributed by atoms with E-state index in [9.17, 15) is 4.79 Å². The van der Waals surface area contributed by atoms with Gasteiger partial charge in [0.25, 0.3) is 12.4 Å². The summed E-state index contributed by atoms with van der Waals surface area (Å²) in [7, 11) is 1.64. The van der Waals surface area contributed by atoms with Gasteiger partial charge in [-0.05, 0) is 50.1 Å². The monoisotopic (exact) mass is 411 g/mol. The number of benzene rings is 1. The van der Waals surface area contributed by atoms with Gasteiger partial charge in [-0.15, -0.1) is 0 Å². The summed E-state index contributed by atoms with van der Waals surface area (Å²) >= 11 is 0. The van der Waals surface area contributed by atoms with Crippen LogP contribution in [0.5, 0.6) is 5.75 Å². The third-order valence-corrected chi connectivity index (χ3v) is 5.92. The highest BCUT2D eigenvalue weighted by Gasteiger charge is 2.37. The largest absolute Gasteiger partial charge is 0.494 e. The highest BCUT2D eigenvalue weighted by molar-refractivity contribution is 5.95. The van der Waals surface area contributed by atoms with Gasteiger partial charge in [0.05, 0.1) is 13.3 Å². The molecule has 2 aliphatic rings. The maximum absolute atomic E-state index is 12.8. The van der Waals surface area contributed by atoms with Crippen molar-refractivity contribution in [2.24, 2.45) is 0 Å². The summed E-state index contributed by atoms with van der Waals surface area (Å²) in [4.78, 5) is 29.8. The van der Waals surface area contributed by atoms with E-state index < -0.39 is 0 Å². The van der Waals surface area contributed by atoms with Gasteiger partial charge in [0.1, 0.15) is 5.75 Å². The highest BCUT2D eigenvalue weighted by atomic mass is 16.5. The molecule has 30 heavy (non-hydrogen) atoms. The van der Waals surface area contributed by atoms with E-state index in [1.165, 1.54) is 25.8 Å². The van der Waals surface area contributed by atoms with Crippen molar-refractivity contribution >= 4 is 12.4 Å². The van der Waals surface area contributed by atoms with E-state index in [0.29, 0.717) is 12.1 Å². The lowest BCUT2D eigenvalue weighted by Crippen LogP contribution is -2.63. The Morgan fingerprint density at radius 3 is 2.53 bits per heavy atom. The van der Waals surface area contributed by atoms with Crippen LogP contribution in [0, 0.1) is 0 Å². The van der Waals surface area contributed by atoms with Gasteiger partial charge in [0.15, 0.2) is 0 Å². The van der Waals surface area contributed by atoms with E-state index in [1.807, 2.05) is 35.2 Å². The van der Waals surface area contributed by atoms with E-state index >= 15 is 0 Å². The molecule has 4 rings (SSSR count). The van der Waals surface area contributed by atoms with Crippen molar-refractivity contribution in [2.75, 3.05) is 26.7 Å². The van der Waals surface area contributed by atoms with Gasteiger partial charge >= 0.3 is 0 Å². The average molecular weight is 412 g/mol. The molecule has 1 atom stereocenters. The Bertz CT molecular complexity index is 850. The first-order chi connectivity index (χ1) is 14.6. The number of rotatable bonds is 4. The average Bonchev–Trinajstić information content (AvgIpc) is 2.74. The zero-order chi connectivity index (χ0) is 21.5. The molecule has 2 aromatic rings. The SMILES string of the molecule is COc1cnccc1-c1ccc(C(=O)N2CC(N3CCCCC3C)C2)cc1.O=CO. The lowest BCUT2D eigenvalue weighted by molar-refractivity contribution is -0.122. The van der Waals surface area contributed by atoms with Crippen LogP contribution in [0.3, 0.4) is 0 Å². The third-order valence-electron chi connectivity index (χ3n) is 5.92. The van der Waals surface area contributed by atoms with Crippen LogP contribution < -0.4 is 4.74 Å². The van der Waals surface area contributed by atoms with Gasteiger partial charge in [-0.25, -0.2) is 0 Å². The number of amides is 1. The van der Waals surface area contributed by atoms with Crippen molar-refractivity contribution < 1.29 is 19.4 Å². The number of carboxylic acid groups (broad SMARTS) is 1. The number of hydrogen-bond donors (Lipinski definition) is 1. The van der Waals surface area contributed by atoms with E-state index in [4.69, 9.17) is 14.6 Å². The first-order valence-corrected chi connectivity index (χ1v) is 10.3. The number of pyridine rings is 1. The van der Waals surface area contributed by atoms with Crippen molar-refractivity contribution in [1.82, 2.24) is 14.8 Å². The zero-order valence-electron chi connectivity index (χ0n) is 17.5. The second-order valence-electron chi connectivity index (χ2n) is 7.71. The maximum atomic E-state index is 12.8. The minimum absolute atomic E-state index is 0.129. The Balaban J connectivity index is 0.000000806. The first-order valence-electron chi connectivity index (χ1n) is 10.3. The summed E-state index contributed by atoms with van der Waals surface area (Å²) in [6.07, 6.45) is 7.36. The van der Waals surface area contributed by atoms with Gasteiger partial charge in [-0.3, -0.25) is 19.5 Å². The predicted octanol–water partition coefficient (Wildman–Crippen LogP) is 3.16. The molecule has 1 aromatic carbocycles. The normalized spacial score (nSPS) is 19.3. The zero-order valence-corrected chi connectivity index (χ0v) is 17.5. The van der Waals surface area contributed by atoms with Gasteiger partial charge < -0.3 is 14.7 Å². The van der Waals surface area contributed by atoms with Crippen LogP contribution in [0.2, 0.25) is 0 Å². The second kappa shape index (κ2) is 10.2. The summed E-state index contributed by atoms with van der Waals surface area (Å²) < 4.78 is 5.38. The van der Waals surface area contributed by atoms with Crippen molar-refractivity contribution in [3.8, 4) is 16.9 Å². The quantitative estimate of drug-likeness (QED) is 0.778. The molecule has 1 unspecified atom stereocenters. The number of methoxy groups -OCH3 is 1. The molecule has 2 fully saturated rings. The second-order valence-corrected chi connectivity index (χ2v) is 7.71. The van der Waals surface area contributed by atoms with Gasteiger partial charge in [0.2, 0.25) is 0 Å². The summed E-state index contributed by atoms with van der Waals surface area (Å²) in [5, 5.41) is 6.89. The number of likely N-dealkylation sites (tertiary alicyclic amines) is 2. The highest BCUT2D eigenvalue weighted by Crippen LogP contribution is 2.30. The minimum Gasteiger partial charge on any atom is -0.494 e. The number of nitrogens with zero attached hydrogens (tertiary/aromatic N) is 3. The molecule has 0 saturated carbocycles. The molecule has 0 spiro atoms. The molecule has 0 radical (unpaired) electrons. The van der Waals surface area contributed by atoms with Crippen LogP contribution in [-0.2, 0) is 4.79 Å². The number of aromatic nitrogens is 1. The molecule has 2 aliphatic heterocycles. The van der Waals surface area contributed by atoms with Crippen molar-refractivity contribution in [3.63, 3.8) is 0 Å². The molecule has 1 N–H and O–H groups in total. The molecule has 2 saturated heterocycles. The van der Waals surface area contributed by atoms with Crippen LogP contribution in [0.4, 0.5) is 0 Å². The maximum Gasteiger partial charge on any atom is 0.290 e. The summed E-state index contributed by atoms with van der Waals surface area (Å²) in [5.74, 6) is 0.863. The van der Waals surface area contributed by atoms with E-state index in [1.54, 1.807) is 19.5 Å². The van der Waals surface area contributed by atoms with E-state index in [2.05, 4.69) is 16.8 Å². The van der Waals surface area contributed by atoms with Crippen LogP contribution in [0.15, 0.2) is 42.7 Å². The van der Waals surface area contributed by atoms with Gasteiger partial charge in [-0.1, -0.05) is 18.6 Å². The molecule has 3 heterocycles. The predicted molar refractivity (Wildman–Crippen MR) is 115 cm³/mol. The van der Waals surface area contributed by atoms with Crippen molar-refractivity contribution in [1.29, 1.82) is 0 Å². The molecule has 0 aliphatic carbocycles. The smallest absolute Gasteiger partial charge is 0.290 e. The molecule has 1 aromatic heterocycles. The lowest BCUT2D eigenvalue weighted by atomic mass is 9.96. The molecule has 160 valence electrons. The fourth-order valence-electron chi connectivity index (χ4n) is 4.25. The molecular formula is C23H29N3O4. The van der Waals surface area contributed by atoms with Crippen LogP contribution in [-0.4, -0.2) is 71.1 Å². The Morgan fingerprint density at radius 2 is 1.90 bits per heavy atom. The fraction of sp³-hybridized carbons (Fsp3) is 0.435. The van der Waals surface area contributed by atoms with E-state index in [0.717, 1.165) is 35.5 Å². The van der Waals surface area contributed by atoms with E-state index in [-0.39, 0.29) is 12.4 Å². The van der Waals surface area contributed by atoms with Crippen molar-refractivity contribution in [3.05, 3.63) is 48.3 Å². The van der Waals surface area contributed by atoms with Crippen molar-refractivity contribution in [2.45, 2.75) is 38.3 Å². The standard InChI is InChI=1S/C22H27N3O2.CH2O2/c1-16-5-3-4-12-25(16)19-14-24(15-19)22(26)18-8-6-17(7-9-18)20-10-11-23-13-21(20)27-2;2-1-3/h6-11,13,16,19H,3-5,12,14-15H2,1-2H3;1H,(H,2,3). The van der Waals surface area contributed by atoms with Crippen LogP contribution in [0.25, 0.3) is 11.1 Å². The summed E-state index contributed by atoms with van der Waals surface area (Å²) in [5.41, 5.74) is 2.75. The Kier molecular flexibility index (Phi) is 7.41. The Morgan fingerprint density at radius 1 is 1.20 bits per heavy atom.